The number of nitrogens with zero attached hydrogens (tertiary/aromatic N) is 2. The highest BCUT2D eigenvalue weighted by atomic mass is 32.2. The van der Waals surface area contributed by atoms with E-state index in [1.54, 1.807) is 22.9 Å². The largest absolute Gasteiger partial charge is 0.476 e. The molecule has 0 saturated carbocycles. The van der Waals surface area contributed by atoms with E-state index in [1.807, 2.05) is 0 Å². The van der Waals surface area contributed by atoms with Crippen molar-refractivity contribution < 1.29 is 52.7 Å². The van der Waals surface area contributed by atoms with Crippen LogP contribution in [-0.4, -0.2) is 42.9 Å². The minimum Gasteiger partial charge on any atom is -0.476 e. The summed E-state index contributed by atoms with van der Waals surface area (Å²) in [6.07, 6.45) is -4.85. The Morgan fingerprint density at radius 2 is 1.45 bits per heavy atom. The van der Waals surface area contributed by atoms with Gasteiger partial charge in [-0.05, 0) is 40.5 Å². The summed E-state index contributed by atoms with van der Waals surface area (Å²) in [6, 6.07) is 14.5. The average molecular weight is 687 g/mol. The Balaban J connectivity index is 1.43. The molecule has 7 nitrogen and oxygen atoms in total. The molecular formula is C30H19F9N4O3S. The van der Waals surface area contributed by atoms with Crippen molar-refractivity contribution in [3.63, 3.8) is 0 Å². The number of fused-ring (bicyclic) bond motifs is 1. The lowest BCUT2D eigenvalue weighted by Gasteiger charge is -2.19. The summed E-state index contributed by atoms with van der Waals surface area (Å²) in [4.78, 5) is 1.98. The van der Waals surface area contributed by atoms with Gasteiger partial charge in [0.05, 0.1) is 17.3 Å². The summed E-state index contributed by atoms with van der Waals surface area (Å²) in [5.41, 5.74) is 0.744. The van der Waals surface area contributed by atoms with Crippen molar-refractivity contribution in [2.45, 2.75) is 17.5 Å². The molecule has 5 rings (SSSR count). The van der Waals surface area contributed by atoms with Gasteiger partial charge in [-0.15, -0.1) is 0 Å². The van der Waals surface area contributed by atoms with Crippen LogP contribution in [0.3, 0.4) is 0 Å². The van der Waals surface area contributed by atoms with Crippen LogP contribution >= 0.6 is 0 Å². The molecule has 0 fully saturated rings. The number of hydrogen-bond acceptors (Lipinski definition) is 5. The second kappa shape index (κ2) is 13.1. The second-order valence-electron chi connectivity index (χ2n) is 9.81. The van der Waals surface area contributed by atoms with E-state index >= 15 is 0 Å². The third-order valence-corrected chi connectivity index (χ3v) is 8.18. The van der Waals surface area contributed by atoms with Crippen molar-refractivity contribution in [3.8, 4) is 5.88 Å². The van der Waals surface area contributed by atoms with Crippen LogP contribution in [0.1, 0.15) is 23.1 Å². The van der Waals surface area contributed by atoms with Gasteiger partial charge < -0.3 is 4.74 Å². The van der Waals surface area contributed by atoms with E-state index in [1.165, 1.54) is 48.7 Å². The number of aromatic amines is 1. The quantitative estimate of drug-likeness (QED) is 0.0540. The Morgan fingerprint density at radius 1 is 0.809 bits per heavy atom. The molecule has 47 heavy (non-hydrogen) atoms. The molecule has 246 valence electrons. The zero-order valence-corrected chi connectivity index (χ0v) is 24.2. The molecule has 0 radical (unpaired) electrons. The lowest BCUT2D eigenvalue weighted by atomic mass is 9.88. The monoisotopic (exact) mass is 686 g/mol. The first kappa shape index (κ1) is 33.5. The standard InChI is InChI=1S/C30H19F9N4O3S/c31-23-24(32)26(34)28(27(35)25(23)33)47(44,45)41-10-11-46-21-9-7-17(14-40-21)22(16-6-8-20-18(12-16)29(36)43-42-20)19(13-30(37,38)39)15-4-2-1-3-5-15/h1-9,12,14,41H,10-11,13H2,(H,42,43). The zero-order valence-electron chi connectivity index (χ0n) is 23.4. The number of hydrogen-bond donors (Lipinski definition) is 2. The van der Waals surface area contributed by atoms with E-state index in [4.69, 9.17) is 4.74 Å². The smallest absolute Gasteiger partial charge is 0.393 e. The number of sulfonamides is 1. The lowest BCUT2D eigenvalue weighted by molar-refractivity contribution is -0.122. The highest BCUT2D eigenvalue weighted by Gasteiger charge is 2.34. The molecule has 0 unspecified atom stereocenters. The van der Waals surface area contributed by atoms with Crippen LogP contribution in [-0.2, 0) is 10.0 Å². The molecule has 0 spiro atoms. The zero-order chi connectivity index (χ0) is 34.1. The SMILES string of the molecule is O=S(=O)(NCCOc1ccc(C(=C(CC(F)(F)F)c2ccccc2)c2ccc3n[nH]c(F)c3c2)cn1)c1c(F)c(F)c(F)c(F)c1F. The summed E-state index contributed by atoms with van der Waals surface area (Å²) >= 11 is 0. The molecule has 0 aliphatic rings. The van der Waals surface area contributed by atoms with Crippen molar-refractivity contribution in [3.05, 3.63) is 119 Å². The van der Waals surface area contributed by atoms with E-state index < -0.39 is 75.7 Å². The van der Waals surface area contributed by atoms with E-state index in [9.17, 15) is 47.9 Å². The molecule has 5 aromatic rings. The molecule has 0 atom stereocenters. The number of alkyl halides is 3. The van der Waals surface area contributed by atoms with E-state index in [2.05, 4.69) is 15.2 Å². The summed E-state index contributed by atoms with van der Waals surface area (Å²) < 4.78 is 156. The van der Waals surface area contributed by atoms with Gasteiger partial charge in [0.25, 0.3) is 0 Å². The summed E-state index contributed by atoms with van der Waals surface area (Å²) in [6.45, 7) is -1.26. The minimum atomic E-state index is -5.23. The predicted molar refractivity (Wildman–Crippen MR) is 150 cm³/mol. The fourth-order valence-corrected chi connectivity index (χ4v) is 5.81. The fourth-order valence-electron chi connectivity index (χ4n) is 4.66. The summed E-state index contributed by atoms with van der Waals surface area (Å²) in [5.74, 6) is -13.5. The Kier molecular flexibility index (Phi) is 9.31. The van der Waals surface area contributed by atoms with Crippen molar-refractivity contribution in [1.82, 2.24) is 19.9 Å². The van der Waals surface area contributed by atoms with Gasteiger partial charge in [0, 0.05) is 24.4 Å². The van der Waals surface area contributed by atoms with Gasteiger partial charge in [0.2, 0.25) is 27.7 Å². The minimum absolute atomic E-state index is 0.0284. The number of H-pyrrole nitrogens is 1. The van der Waals surface area contributed by atoms with Gasteiger partial charge in [-0.1, -0.05) is 36.4 Å². The third-order valence-electron chi connectivity index (χ3n) is 6.70. The number of benzene rings is 3. The maximum Gasteiger partial charge on any atom is 0.393 e. The van der Waals surface area contributed by atoms with Gasteiger partial charge in [0.1, 0.15) is 6.61 Å². The number of halogens is 9. The number of nitrogens with one attached hydrogen (secondary N) is 2. The number of aromatic nitrogens is 3. The van der Waals surface area contributed by atoms with E-state index in [-0.39, 0.29) is 44.6 Å². The van der Waals surface area contributed by atoms with Crippen LogP contribution < -0.4 is 9.46 Å². The normalized spacial score (nSPS) is 12.8. The Hall–Kier alpha value is -4.90. The first-order valence-corrected chi connectivity index (χ1v) is 14.8. The van der Waals surface area contributed by atoms with E-state index in [0.29, 0.717) is 0 Å². The predicted octanol–water partition coefficient (Wildman–Crippen LogP) is 7.06. The first-order chi connectivity index (χ1) is 22.2. The van der Waals surface area contributed by atoms with Crippen LogP contribution in [0.15, 0.2) is 71.8 Å². The molecule has 2 heterocycles. The average Bonchev–Trinajstić information content (AvgIpc) is 3.41. The van der Waals surface area contributed by atoms with Gasteiger partial charge in [-0.3, -0.25) is 5.10 Å². The number of ether oxygens (including phenoxy) is 1. The van der Waals surface area contributed by atoms with Crippen LogP contribution in [0.2, 0.25) is 0 Å². The second-order valence-corrected chi connectivity index (χ2v) is 11.5. The molecule has 0 amide bonds. The van der Waals surface area contributed by atoms with Crippen LogP contribution in [0, 0.1) is 35.0 Å². The molecule has 0 aliphatic carbocycles. The van der Waals surface area contributed by atoms with Crippen LogP contribution in [0.4, 0.5) is 39.5 Å². The Morgan fingerprint density at radius 3 is 2.06 bits per heavy atom. The molecular weight excluding hydrogens is 667 g/mol. The lowest BCUT2D eigenvalue weighted by Crippen LogP contribution is -2.30. The van der Waals surface area contributed by atoms with Gasteiger partial charge in [-0.2, -0.15) is 22.7 Å². The van der Waals surface area contributed by atoms with Crippen LogP contribution in [0.25, 0.3) is 22.0 Å². The maximum absolute atomic E-state index is 14.4. The molecule has 2 N–H and O–H groups in total. The number of pyridine rings is 1. The Labute approximate surface area is 259 Å². The summed E-state index contributed by atoms with van der Waals surface area (Å²) in [5, 5.41) is 6.00. The molecule has 17 heteroatoms. The first-order valence-electron chi connectivity index (χ1n) is 13.3. The van der Waals surface area contributed by atoms with Crippen LogP contribution in [0.5, 0.6) is 5.88 Å². The number of rotatable bonds is 10. The van der Waals surface area contributed by atoms with Gasteiger partial charge >= 0.3 is 6.18 Å². The molecule has 0 saturated heterocycles. The highest BCUT2D eigenvalue weighted by Crippen LogP contribution is 2.40. The van der Waals surface area contributed by atoms with Gasteiger partial charge in [-0.25, -0.2) is 40.1 Å². The summed E-state index contributed by atoms with van der Waals surface area (Å²) in [7, 11) is -5.23. The molecule has 3 aromatic carbocycles. The molecule has 0 bridgehead atoms. The highest BCUT2D eigenvalue weighted by molar-refractivity contribution is 7.89. The third kappa shape index (κ3) is 7.10. The molecule has 2 aromatic heterocycles. The topological polar surface area (TPSA) is 97.0 Å². The van der Waals surface area contributed by atoms with Crippen molar-refractivity contribution in [2.24, 2.45) is 0 Å². The van der Waals surface area contributed by atoms with Crippen molar-refractivity contribution in [1.29, 1.82) is 0 Å². The van der Waals surface area contributed by atoms with E-state index in [0.717, 1.165) is 0 Å². The molecule has 0 aliphatic heterocycles. The van der Waals surface area contributed by atoms with Crippen molar-refractivity contribution in [2.75, 3.05) is 13.2 Å². The number of allylic oxidation sites excluding steroid dienone is 1. The van der Waals surface area contributed by atoms with Gasteiger partial charge in [0.15, 0.2) is 28.2 Å². The fraction of sp³-hybridized carbons (Fsp3) is 0.133. The van der Waals surface area contributed by atoms with Crippen molar-refractivity contribution >= 4 is 32.1 Å². The maximum atomic E-state index is 14.4. The Bertz CT molecular complexity index is 2060.